The third kappa shape index (κ3) is 14.9. The molecule has 71 heavy (non-hydrogen) atoms. The minimum atomic E-state index is -1.36. The van der Waals surface area contributed by atoms with Crippen molar-refractivity contribution in [2.24, 2.45) is 52.1 Å². The van der Waals surface area contributed by atoms with Gasteiger partial charge >= 0.3 is 6.16 Å². The fraction of sp³-hybridized carbons (Fsp3) is 0.630. The van der Waals surface area contributed by atoms with Gasteiger partial charge in [-0.1, -0.05) is 77.7 Å². The average Bonchev–Trinajstić information content (AvgIpc) is 3.69. The molecule has 0 radical (unpaired) electrons. The van der Waals surface area contributed by atoms with Gasteiger partial charge in [-0.25, -0.2) is 4.79 Å². The lowest BCUT2D eigenvalue weighted by Crippen LogP contribution is -2.51. The van der Waals surface area contributed by atoms with E-state index in [0.29, 0.717) is 36.2 Å². The largest absolute Gasteiger partial charge is 0.514 e. The van der Waals surface area contributed by atoms with E-state index in [-0.39, 0.29) is 48.3 Å². The lowest BCUT2D eigenvalue weighted by atomic mass is 9.47. The number of nitro groups is 1. The summed E-state index contributed by atoms with van der Waals surface area (Å²) in [4.78, 5) is 84.9. The predicted octanol–water partition coefficient (Wildman–Crippen LogP) is 8.44. The summed E-state index contributed by atoms with van der Waals surface area (Å²) in [7, 11) is 0. The Morgan fingerprint density at radius 2 is 1.58 bits per heavy atom. The number of carbonyl (C=O) groups excluding carboxylic acids is 6. The fourth-order valence-corrected chi connectivity index (χ4v) is 12.4. The molecule has 6 rings (SSSR count). The molecule has 17 heteroatoms. The van der Waals surface area contributed by atoms with Crippen LogP contribution in [0.4, 0.5) is 16.2 Å². The molecule has 2 unspecified atom stereocenters. The van der Waals surface area contributed by atoms with E-state index in [1.165, 1.54) is 87.8 Å². The number of nitro benzene ring substituents is 1. The molecule has 17 nitrogen and oxygen atoms in total. The van der Waals surface area contributed by atoms with Crippen LogP contribution >= 0.6 is 0 Å². The monoisotopic (exact) mass is 985 g/mol. The zero-order valence-corrected chi connectivity index (χ0v) is 42.3. The number of anilines is 1. The van der Waals surface area contributed by atoms with Crippen molar-refractivity contribution in [2.75, 3.05) is 25.0 Å². The summed E-state index contributed by atoms with van der Waals surface area (Å²) in [6, 6.07) is 9.78. The number of nitrogens with one attached hydrogen (secondary N) is 4. The van der Waals surface area contributed by atoms with Crippen molar-refractivity contribution in [1.82, 2.24) is 16.0 Å². The number of non-ortho nitro benzene ring substituents is 1. The number of ether oxygens (including phenoxy) is 3. The lowest BCUT2D eigenvalue weighted by Gasteiger charge is -2.58. The minimum absolute atomic E-state index is 0.0669. The molecule has 2 aromatic carbocycles. The molecular formula is C54H76N6O11. The first-order valence-electron chi connectivity index (χ1n) is 25.8. The highest BCUT2D eigenvalue weighted by Crippen LogP contribution is 2.67. The van der Waals surface area contributed by atoms with Gasteiger partial charge in [0.15, 0.2) is 0 Å². The van der Waals surface area contributed by atoms with Crippen molar-refractivity contribution in [2.45, 2.75) is 150 Å². The van der Waals surface area contributed by atoms with E-state index < -0.39 is 53.7 Å². The van der Waals surface area contributed by atoms with Gasteiger partial charge in [0, 0.05) is 43.8 Å². The van der Waals surface area contributed by atoms with Crippen molar-refractivity contribution < 1.29 is 47.9 Å². The first-order chi connectivity index (χ1) is 33.8. The molecular weight excluding hydrogens is 909 g/mol. The molecule has 0 aromatic heterocycles. The number of primary amides is 1. The molecule has 0 aliphatic heterocycles. The summed E-state index contributed by atoms with van der Waals surface area (Å²) >= 11 is 0. The van der Waals surface area contributed by atoms with E-state index in [1.54, 1.807) is 17.7 Å². The molecule has 3 fully saturated rings. The Labute approximate surface area is 418 Å². The van der Waals surface area contributed by atoms with Crippen LogP contribution in [0.5, 0.6) is 5.75 Å². The topological polar surface area (TPSA) is 247 Å². The highest BCUT2D eigenvalue weighted by molar-refractivity contribution is 5.97. The van der Waals surface area contributed by atoms with Gasteiger partial charge < -0.3 is 41.2 Å². The van der Waals surface area contributed by atoms with Gasteiger partial charge in [-0.2, -0.15) is 0 Å². The quantitative estimate of drug-likeness (QED) is 0.0167. The molecule has 4 aliphatic rings. The second-order valence-electron chi connectivity index (χ2n) is 21.4. The Morgan fingerprint density at radius 1 is 0.845 bits per heavy atom. The Hall–Kier alpha value is -5.84. The maximum absolute atomic E-state index is 12.9. The molecule has 0 spiro atoms. The summed E-state index contributed by atoms with van der Waals surface area (Å²) < 4.78 is 16.5. The van der Waals surface area contributed by atoms with Gasteiger partial charge in [-0.15, -0.1) is 0 Å². The maximum atomic E-state index is 12.9. The van der Waals surface area contributed by atoms with Crippen LogP contribution in [0.15, 0.2) is 60.2 Å². The Morgan fingerprint density at radius 3 is 2.28 bits per heavy atom. The molecule has 6 N–H and O–H groups in total. The number of carbonyl (C=O) groups is 6. The van der Waals surface area contributed by atoms with E-state index in [0.717, 1.165) is 54.8 Å². The number of nitrogens with two attached hydrogens (primary N) is 1. The first kappa shape index (κ1) is 54.5. The molecule has 388 valence electrons. The van der Waals surface area contributed by atoms with Gasteiger partial charge in [0.2, 0.25) is 29.5 Å². The van der Waals surface area contributed by atoms with E-state index in [2.05, 4.69) is 62.0 Å². The number of nitrogens with zero attached hydrogens (tertiary/aromatic N) is 1. The van der Waals surface area contributed by atoms with Gasteiger partial charge in [-0.05, 0) is 134 Å². The van der Waals surface area contributed by atoms with Crippen molar-refractivity contribution in [3.63, 3.8) is 0 Å². The Bertz CT molecular complexity index is 2230. The average molecular weight is 985 g/mol. The van der Waals surface area contributed by atoms with Crippen molar-refractivity contribution in [1.29, 1.82) is 0 Å². The highest BCUT2D eigenvalue weighted by Gasteiger charge is 2.59. The summed E-state index contributed by atoms with van der Waals surface area (Å²) in [6.45, 7) is 12.7. The van der Waals surface area contributed by atoms with Gasteiger partial charge in [0.1, 0.15) is 18.4 Å². The Kier molecular flexibility index (Phi) is 19.2. The summed E-state index contributed by atoms with van der Waals surface area (Å²) in [6.07, 6.45) is 15.5. The number of rotatable bonds is 24. The van der Waals surface area contributed by atoms with Gasteiger partial charge in [-0.3, -0.25) is 34.1 Å². The fourth-order valence-electron chi connectivity index (χ4n) is 12.4. The van der Waals surface area contributed by atoms with Crippen molar-refractivity contribution in [3.05, 3.63) is 75.9 Å². The molecule has 9 atom stereocenters. The van der Waals surface area contributed by atoms with E-state index in [4.69, 9.17) is 19.9 Å². The Balaban J connectivity index is 0.839. The van der Waals surface area contributed by atoms with E-state index >= 15 is 0 Å². The first-order valence-corrected chi connectivity index (χ1v) is 25.8. The van der Waals surface area contributed by atoms with Crippen LogP contribution in [0, 0.1) is 56.5 Å². The van der Waals surface area contributed by atoms with Crippen molar-refractivity contribution in [3.8, 4) is 5.75 Å². The van der Waals surface area contributed by atoms with Crippen LogP contribution in [-0.2, 0) is 40.1 Å². The standard InChI is InChI=1S/C54H76N6O11/c1-34(2)8-6-9-35(3)43-20-21-44-42-19-12-37-30-41(24-26-53(37,4)45(42)25-27-54(43,44)5)69-29-7-28-56-48(62)22-23-49(63)59-46(31-47(55)61)51(65)57-32-50(64)58-38-13-10-36(11-14-38)33-70-52(66)71-40-17-15-39(16-18-40)60(67)68/h10-18,34-35,41-46H,6-9,19-33H2,1-5H3,(H2,55,61)(H,56,62)(H,57,65)(H,58,64)(H,59,63)/t35-,41+,42+,43?,44?,45+,46+,53+,54-/m1/s1. The zero-order valence-electron chi connectivity index (χ0n) is 42.3. The number of benzene rings is 2. The molecule has 0 saturated heterocycles. The van der Waals surface area contributed by atoms with Gasteiger partial charge in [0.05, 0.1) is 24.0 Å². The highest BCUT2D eigenvalue weighted by atomic mass is 16.7. The maximum Gasteiger partial charge on any atom is 0.514 e. The predicted molar refractivity (Wildman–Crippen MR) is 267 cm³/mol. The number of hydrogen-bond donors (Lipinski definition) is 5. The number of amides is 5. The third-order valence-electron chi connectivity index (χ3n) is 16.2. The van der Waals surface area contributed by atoms with E-state index in [1.807, 2.05) is 0 Å². The third-order valence-corrected chi connectivity index (χ3v) is 16.2. The lowest BCUT2D eigenvalue weighted by molar-refractivity contribution is -0.384. The number of hydrogen-bond acceptors (Lipinski definition) is 11. The molecule has 2 aromatic rings. The van der Waals surface area contributed by atoms with Gasteiger partial charge in [0.25, 0.3) is 5.69 Å². The van der Waals surface area contributed by atoms with Crippen LogP contribution in [0.1, 0.15) is 136 Å². The molecule has 0 bridgehead atoms. The molecule has 0 heterocycles. The van der Waals surface area contributed by atoms with Crippen LogP contribution in [-0.4, -0.2) is 72.5 Å². The zero-order chi connectivity index (χ0) is 51.3. The molecule has 3 saturated carbocycles. The molecule has 4 aliphatic carbocycles. The van der Waals surface area contributed by atoms with Crippen LogP contribution in [0.2, 0.25) is 0 Å². The second kappa shape index (κ2) is 25.0. The minimum Gasteiger partial charge on any atom is -0.429 e. The normalized spacial score (nSPS) is 25.2. The number of allylic oxidation sites excluding steroid dienone is 1. The number of fused-ring (bicyclic) bond motifs is 5. The summed E-state index contributed by atoms with van der Waals surface area (Å²) in [5.41, 5.74) is 8.43. The summed E-state index contributed by atoms with van der Waals surface area (Å²) in [5, 5.41) is 21.1. The summed E-state index contributed by atoms with van der Waals surface area (Å²) in [5.74, 6) is 1.68. The van der Waals surface area contributed by atoms with Crippen LogP contribution < -0.4 is 31.7 Å². The molecule has 5 amide bonds. The van der Waals surface area contributed by atoms with Crippen LogP contribution in [0.25, 0.3) is 0 Å². The van der Waals surface area contributed by atoms with Crippen molar-refractivity contribution >= 4 is 47.1 Å². The smallest absolute Gasteiger partial charge is 0.429 e. The SMILES string of the molecule is CC(C)CCC[C@@H](C)C1CCC2[C@@H]3CC=C4C[C@@H](OCCCNC(=O)CCC(=O)N[C@@H](CC(N)=O)C(=O)NCC(=O)Nc5ccc(COC(=O)Oc6ccc([N+](=O)[O-])cc6)cc5)CC[C@]4(C)[C@H]3CC[C@]12C. The second-order valence-corrected chi connectivity index (χ2v) is 21.4. The van der Waals surface area contributed by atoms with E-state index in [9.17, 15) is 38.9 Å². The van der Waals surface area contributed by atoms with Crippen LogP contribution in [0.3, 0.4) is 0 Å².